The van der Waals surface area contributed by atoms with Crippen LogP contribution in [0.2, 0.25) is 0 Å². The Morgan fingerprint density at radius 1 is 1.33 bits per heavy atom. The van der Waals surface area contributed by atoms with Crippen molar-refractivity contribution in [3.8, 4) is 0 Å². The van der Waals surface area contributed by atoms with E-state index >= 15 is 0 Å². The normalized spacial score (nSPS) is 8.75. The maximum Gasteiger partial charge on any atom is 0.269 e. The topological polar surface area (TPSA) is 74.6 Å². The van der Waals surface area contributed by atoms with E-state index in [1.807, 2.05) is 0 Å². The standard InChI is InChI=1S/C7H6ClNO2.H2O/c8-5-6-1-3-7(4-2-6)9(10)11;/h1-4H,5H2;1H2. The summed E-state index contributed by atoms with van der Waals surface area (Å²) in [7, 11) is 0. The summed E-state index contributed by atoms with van der Waals surface area (Å²) in [4.78, 5) is 9.74. The van der Waals surface area contributed by atoms with Crippen molar-refractivity contribution in [1.82, 2.24) is 0 Å². The Kier molecular flexibility index (Phi) is 4.25. The lowest BCUT2D eigenvalue weighted by molar-refractivity contribution is -0.384. The van der Waals surface area contributed by atoms with Crippen LogP contribution in [0.4, 0.5) is 5.69 Å². The molecule has 0 unspecified atom stereocenters. The van der Waals surface area contributed by atoms with Gasteiger partial charge in [0.05, 0.1) is 4.92 Å². The fraction of sp³-hybridized carbons (Fsp3) is 0.143. The van der Waals surface area contributed by atoms with Crippen molar-refractivity contribution in [1.29, 1.82) is 0 Å². The molecule has 2 N–H and O–H groups in total. The van der Waals surface area contributed by atoms with Crippen molar-refractivity contribution in [2.45, 2.75) is 5.88 Å². The third kappa shape index (κ3) is 2.48. The second-order valence-corrected chi connectivity index (χ2v) is 2.32. The molecular weight excluding hydrogens is 182 g/mol. The van der Waals surface area contributed by atoms with Gasteiger partial charge in [0, 0.05) is 18.0 Å². The van der Waals surface area contributed by atoms with Crippen molar-refractivity contribution in [3.05, 3.63) is 39.9 Å². The summed E-state index contributed by atoms with van der Waals surface area (Å²) >= 11 is 5.49. The van der Waals surface area contributed by atoms with Crippen molar-refractivity contribution in [2.75, 3.05) is 0 Å². The van der Waals surface area contributed by atoms with Gasteiger partial charge >= 0.3 is 0 Å². The minimum Gasteiger partial charge on any atom is -0.412 e. The Morgan fingerprint density at radius 2 is 1.83 bits per heavy atom. The fourth-order valence-electron chi connectivity index (χ4n) is 0.707. The van der Waals surface area contributed by atoms with Crippen molar-refractivity contribution in [2.24, 2.45) is 0 Å². The summed E-state index contributed by atoms with van der Waals surface area (Å²) in [6.45, 7) is 0. The fourth-order valence-corrected chi connectivity index (χ4v) is 0.885. The van der Waals surface area contributed by atoms with E-state index in [-0.39, 0.29) is 11.2 Å². The highest BCUT2D eigenvalue weighted by Crippen LogP contribution is 2.12. The summed E-state index contributed by atoms with van der Waals surface area (Å²) in [5, 5.41) is 10.2. The zero-order valence-electron chi connectivity index (χ0n) is 6.16. The molecule has 0 aliphatic heterocycles. The van der Waals surface area contributed by atoms with Gasteiger partial charge < -0.3 is 5.48 Å². The SMILES string of the molecule is O.O=[N+]([O-])c1ccc(CCl)cc1. The summed E-state index contributed by atoms with van der Waals surface area (Å²) in [6.07, 6.45) is 0. The minimum absolute atomic E-state index is 0. The van der Waals surface area contributed by atoms with E-state index in [2.05, 4.69) is 0 Å². The molecule has 0 fully saturated rings. The molecule has 0 amide bonds. The van der Waals surface area contributed by atoms with Crippen LogP contribution in [0.1, 0.15) is 5.56 Å². The molecule has 0 radical (unpaired) electrons. The van der Waals surface area contributed by atoms with Crippen LogP contribution in [0.15, 0.2) is 24.3 Å². The van der Waals surface area contributed by atoms with Crippen LogP contribution in [0.3, 0.4) is 0 Å². The van der Waals surface area contributed by atoms with Gasteiger partial charge in [-0.2, -0.15) is 0 Å². The average molecular weight is 190 g/mol. The van der Waals surface area contributed by atoms with Crippen molar-refractivity contribution >= 4 is 17.3 Å². The zero-order chi connectivity index (χ0) is 8.27. The van der Waals surface area contributed by atoms with Gasteiger partial charge in [-0.25, -0.2) is 0 Å². The molecule has 0 aromatic heterocycles. The number of nitro groups is 1. The minimum atomic E-state index is -0.433. The molecule has 1 aromatic rings. The summed E-state index contributed by atoms with van der Waals surface area (Å²) in [6, 6.07) is 6.17. The molecule has 0 saturated carbocycles. The third-order valence-corrected chi connectivity index (χ3v) is 1.61. The molecule has 66 valence electrons. The molecule has 5 heteroatoms. The van der Waals surface area contributed by atoms with Gasteiger partial charge in [0.15, 0.2) is 0 Å². The van der Waals surface area contributed by atoms with E-state index < -0.39 is 4.92 Å². The van der Waals surface area contributed by atoms with Gasteiger partial charge in [-0.3, -0.25) is 10.1 Å². The smallest absolute Gasteiger partial charge is 0.269 e. The second-order valence-electron chi connectivity index (χ2n) is 2.06. The van der Waals surface area contributed by atoms with Gasteiger partial charge in [-0.05, 0) is 5.56 Å². The first kappa shape index (κ1) is 10.9. The molecule has 4 nitrogen and oxygen atoms in total. The maximum atomic E-state index is 10.2. The summed E-state index contributed by atoms with van der Waals surface area (Å²) in [5.74, 6) is 0.387. The number of hydrogen-bond donors (Lipinski definition) is 0. The number of alkyl halides is 1. The second kappa shape index (κ2) is 4.69. The van der Waals surface area contributed by atoms with Gasteiger partial charge in [0.2, 0.25) is 0 Å². The molecule has 0 spiro atoms. The number of non-ortho nitro benzene ring substituents is 1. The number of nitro benzene ring substituents is 1. The maximum absolute atomic E-state index is 10.2. The molecule has 0 saturated heterocycles. The zero-order valence-corrected chi connectivity index (χ0v) is 6.91. The van der Waals surface area contributed by atoms with Crippen LogP contribution in [0, 0.1) is 10.1 Å². The van der Waals surface area contributed by atoms with E-state index in [9.17, 15) is 10.1 Å². The number of halogens is 1. The van der Waals surface area contributed by atoms with E-state index in [0.717, 1.165) is 5.56 Å². The van der Waals surface area contributed by atoms with Gasteiger partial charge in [-0.15, -0.1) is 11.6 Å². The first-order chi connectivity index (χ1) is 5.24. The predicted molar refractivity (Wildman–Crippen MR) is 46.3 cm³/mol. The van der Waals surface area contributed by atoms with Crippen LogP contribution < -0.4 is 0 Å². The van der Waals surface area contributed by atoms with Crippen LogP contribution in [0.5, 0.6) is 0 Å². The molecule has 0 bridgehead atoms. The molecule has 0 atom stereocenters. The van der Waals surface area contributed by atoms with Crippen molar-refractivity contribution < 1.29 is 10.4 Å². The first-order valence-electron chi connectivity index (χ1n) is 3.03. The molecule has 1 aromatic carbocycles. The molecule has 0 heterocycles. The number of hydrogen-bond acceptors (Lipinski definition) is 2. The number of benzene rings is 1. The lowest BCUT2D eigenvalue weighted by Crippen LogP contribution is -1.87. The van der Waals surface area contributed by atoms with Crippen LogP contribution in [-0.4, -0.2) is 10.4 Å². The Hall–Kier alpha value is -1.13. The first-order valence-corrected chi connectivity index (χ1v) is 3.57. The monoisotopic (exact) mass is 189 g/mol. The number of nitrogens with zero attached hydrogens (tertiary/aromatic N) is 1. The Balaban J connectivity index is 0.00000121. The third-order valence-electron chi connectivity index (χ3n) is 1.30. The Morgan fingerprint density at radius 3 is 2.17 bits per heavy atom. The Bertz CT molecular complexity index is 260. The molecular formula is C7H8ClNO3. The largest absolute Gasteiger partial charge is 0.412 e. The van der Waals surface area contributed by atoms with E-state index in [0.29, 0.717) is 5.88 Å². The summed E-state index contributed by atoms with van der Waals surface area (Å²) < 4.78 is 0. The van der Waals surface area contributed by atoms with Crippen LogP contribution in [-0.2, 0) is 5.88 Å². The highest BCUT2D eigenvalue weighted by atomic mass is 35.5. The van der Waals surface area contributed by atoms with Gasteiger partial charge in [-0.1, -0.05) is 12.1 Å². The number of rotatable bonds is 2. The lowest BCUT2D eigenvalue weighted by atomic mass is 10.2. The van der Waals surface area contributed by atoms with E-state index in [1.54, 1.807) is 12.1 Å². The highest BCUT2D eigenvalue weighted by Gasteiger charge is 2.02. The van der Waals surface area contributed by atoms with Crippen LogP contribution in [0.25, 0.3) is 0 Å². The van der Waals surface area contributed by atoms with E-state index in [1.165, 1.54) is 12.1 Å². The lowest BCUT2D eigenvalue weighted by Gasteiger charge is -1.92. The van der Waals surface area contributed by atoms with E-state index in [4.69, 9.17) is 11.6 Å². The van der Waals surface area contributed by atoms with Crippen LogP contribution >= 0.6 is 11.6 Å². The van der Waals surface area contributed by atoms with Crippen molar-refractivity contribution in [3.63, 3.8) is 0 Å². The quantitative estimate of drug-likeness (QED) is 0.402. The summed E-state index contributed by atoms with van der Waals surface area (Å²) in [5.41, 5.74) is 0.983. The highest BCUT2D eigenvalue weighted by molar-refractivity contribution is 6.17. The Labute approximate surface area is 74.2 Å². The molecule has 12 heavy (non-hydrogen) atoms. The molecule has 1 rings (SSSR count). The average Bonchev–Trinajstić information content (AvgIpc) is 2.05. The molecule has 0 aliphatic carbocycles. The molecule has 0 aliphatic rings. The van der Waals surface area contributed by atoms with Gasteiger partial charge in [0.25, 0.3) is 5.69 Å². The van der Waals surface area contributed by atoms with Gasteiger partial charge in [0.1, 0.15) is 0 Å². The predicted octanol–water partition coefficient (Wildman–Crippen LogP) is 1.51.